The molecule has 0 bridgehead atoms. The van der Waals surface area contributed by atoms with E-state index in [1.165, 1.54) is 16.8 Å². The van der Waals surface area contributed by atoms with E-state index in [1.807, 2.05) is 35.2 Å². The van der Waals surface area contributed by atoms with Crippen molar-refractivity contribution in [2.24, 2.45) is 5.18 Å². The largest absolute Gasteiger partial charge is 0.360 e. The number of benzene rings is 2. The first-order valence-corrected chi connectivity index (χ1v) is 11.8. The Labute approximate surface area is 204 Å². The van der Waals surface area contributed by atoms with Crippen molar-refractivity contribution in [1.29, 1.82) is 0 Å². The van der Waals surface area contributed by atoms with E-state index in [9.17, 15) is 9.70 Å². The lowest BCUT2D eigenvalue weighted by atomic mass is 10.0. The van der Waals surface area contributed by atoms with Crippen molar-refractivity contribution in [1.82, 2.24) is 20.0 Å². The van der Waals surface area contributed by atoms with Crippen molar-refractivity contribution >= 4 is 28.8 Å². The van der Waals surface area contributed by atoms with Gasteiger partial charge < -0.3 is 10.2 Å². The van der Waals surface area contributed by atoms with E-state index in [-0.39, 0.29) is 12.7 Å². The van der Waals surface area contributed by atoms with E-state index in [2.05, 4.69) is 62.9 Å². The summed E-state index contributed by atoms with van der Waals surface area (Å²) in [5.41, 5.74) is 5.73. The fourth-order valence-corrected chi connectivity index (χ4v) is 4.78. The fourth-order valence-electron chi connectivity index (χ4n) is 4.65. The molecule has 34 heavy (non-hydrogen) atoms. The van der Waals surface area contributed by atoms with Crippen molar-refractivity contribution in [3.8, 4) is 0 Å². The van der Waals surface area contributed by atoms with Gasteiger partial charge in [-0.15, -0.1) is 4.91 Å². The Morgan fingerprint density at radius 1 is 0.971 bits per heavy atom. The molecule has 2 aromatic carbocycles. The standard InChI is InChI=1S/C26H26ClN5O2/c27-22-9-6-20(7-10-22)26-23(17-30-12-14-31(15-13-30)18-25(33)29-34)32-16-21(8-11-24(32)28-26)19-4-2-1-3-5-19/h1-11,16,24,28H,12-15,17-18H2. The molecule has 1 unspecified atom stereocenters. The highest BCUT2D eigenvalue weighted by molar-refractivity contribution is 6.30. The summed E-state index contributed by atoms with van der Waals surface area (Å²) >= 11 is 6.15. The first-order valence-electron chi connectivity index (χ1n) is 11.4. The molecule has 1 saturated heterocycles. The molecule has 0 spiro atoms. The molecule has 1 atom stereocenters. The molecule has 5 rings (SSSR count). The third-order valence-electron chi connectivity index (χ3n) is 6.47. The van der Waals surface area contributed by atoms with Crippen LogP contribution >= 0.6 is 11.6 Å². The summed E-state index contributed by atoms with van der Waals surface area (Å²) in [6.07, 6.45) is 6.63. The first-order chi connectivity index (χ1) is 16.6. The zero-order chi connectivity index (χ0) is 23.5. The number of nitrogens with zero attached hydrogens (tertiary/aromatic N) is 4. The van der Waals surface area contributed by atoms with Crippen LogP contribution in [0.3, 0.4) is 0 Å². The van der Waals surface area contributed by atoms with Gasteiger partial charge >= 0.3 is 0 Å². The van der Waals surface area contributed by atoms with Crippen LogP contribution in [-0.4, -0.2) is 66.0 Å². The molecular weight excluding hydrogens is 450 g/mol. The number of hydrogen-bond acceptors (Lipinski definition) is 6. The number of halogens is 1. The van der Waals surface area contributed by atoms with Crippen LogP contribution in [0.5, 0.6) is 0 Å². The lowest BCUT2D eigenvalue weighted by molar-refractivity contribution is -0.119. The number of allylic oxidation sites excluding steroid dienone is 2. The number of hydrogen-bond donors (Lipinski definition) is 1. The predicted molar refractivity (Wildman–Crippen MR) is 134 cm³/mol. The molecule has 3 heterocycles. The monoisotopic (exact) mass is 475 g/mol. The predicted octanol–water partition coefficient (Wildman–Crippen LogP) is 3.76. The van der Waals surface area contributed by atoms with Gasteiger partial charge in [-0.05, 0) is 34.9 Å². The van der Waals surface area contributed by atoms with Gasteiger partial charge in [-0.3, -0.25) is 14.6 Å². The van der Waals surface area contributed by atoms with E-state index in [0.717, 1.165) is 44.0 Å². The Hall–Kier alpha value is -3.26. The van der Waals surface area contributed by atoms with Crippen LogP contribution in [0.25, 0.3) is 11.3 Å². The van der Waals surface area contributed by atoms with E-state index >= 15 is 0 Å². The summed E-state index contributed by atoms with van der Waals surface area (Å²) in [7, 11) is 0. The van der Waals surface area contributed by atoms with Crippen molar-refractivity contribution in [3.05, 3.63) is 99.7 Å². The van der Waals surface area contributed by atoms with Crippen LogP contribution in [0.4, 0.5) is 0 Å². The second-order valence-electron chi connectivity index (χ2n) is 8.67. The molecule has 8 heteroatoms. The van der Waals surface area contributed by atoms with Gasteiger partial charge in [-0.25, -0.2) is 0 Å². The Kier molecular flexibility index (Phi) is 6.58. The van der Waals surface area contributed by atoms with Gasteiger partial charge in [0, 0.05) is 49.1 Å². The third-order valence-corrected chi connectivity index (χ3v) is 6.72. The van der Waals surface area contributed by atoms with Gasteiger partial charge in [0.1, 0.15) is 6.17 Å². The second kappa shape index (κ2) is 9.93. The molecule has 0 radical (unpaired) electrons. The molecule has 7 nitrogen and oxygen atoms in total. The minimum Gasteiger partial charge on any atom is -0.360 e. The van der Waals surface area contributed by atoms with Gasteiger partial charge in [0.05, 0.1) is 17.9 Å². The molecule has 1 amide bonds. The fraction of sp³-hybridized carbons (Fsp3) is 0.269. The van der Waals surface area contributed by atoms with Gasteiger partial charge in [-0.1, -0.05) is 60.1 Å². The number of nitroso groups, excluding NO2 is 1. The van der Waals surface area contributed by atoms with Crippen molar-refractivity contribution in [2.75, 3.05) is 39.3 Å². The van der Waals surface area contributed by atoms with Crippen LogP contribution in [0.15, 0.2) is 83.8 Å². The van der Waals surface area contributed by atoms with Crippen LogP contribution in [-0.2, 0) is 4.79 Å². The molecule has 1 N–H and O–H groups in total. The summed E-state index contributed by atoms with van der Waals surface area (Å²) in [6, 6.07) is 18.3. The van der Waals surface area contributed by atoms with E-state index in [0.29, 0.717) is 5.02 Å². The normalized spacial score (nSPS) is 20.7. The number of fused-ring (bicyclic) bond motifs is 1. The average molecular weight is 476 g/mol. The lowest BCUT2D eigenvalue weighted by Crippen LogP contribution is -2.48. The summed E-state index contributed by atoms with van der Waals surface area (Å²) in [6.45, 7) is 3.95. The quantitative estimate of drug-likeness (QED) is 0.641. The molecule has 1 fully saturated rings. The van der Waals surface area contributed by atoms with Crippen LogP contribution in [0, 0.1) is 4.91 Å². The van der Waals surface area contributed by atoms with Gasteiger partial charge in [0.15, 0.2) is 0 Å². The number of carbonyl (C=O) groups is 1. The van der Waals surface area contributed by atoms with Gasteiger partial charge in [0.2, 0.25) is 0 Å². The van der Waals surface area contributed by atoms with Gasteiger partial charge in [-0.2, -0.15) is 0 Å². The molecule has 0 aliphatic carbocycles. The van der Waals surface area contributed by atoms with E-state index in [1.54, 1.807) is 0 Å². The lowest BCUT2D eigenvalue weighted by Gasteiger charge is -2.36. The van der Waals surface area contributed by atoms with E-state index in [4.69, 9.17) is 11.6 Å². The molecule has 2 aromatic rings. The zero-order valence-corrected chi connectivity index (χ0v) is 19.5. The maximum Gasteiger partial charge on any atom is 0.300 e. The minimum absolute atomic E-state index is 0.0470. The highest BCUT2D eigenvalue weighted by atomic mass is 35.5. The van der Waals surface area contributed by atoms with Crippen molar-refractivity contribution < 1.29 is 4.79 Å². The number of piperazine rings is 1. The summed E-state index contributed by atoms with van der Waals surface area (Å²) in [5, 5.41) is 6.92. The summed E-state index contributed by atoms with van der Waals surface area (Å²) in [4.78, 5) is 28.5. The summed E-state index contributed by atoms with van der Waals surface area (Å²) in [5.74, 6) is -0.609. The number of carbonyl (C=O) groups excluding carboxylic acids is 1. The average Bonchev–Trinajstić information content (AvgIpc) is 3.23. The number of nitrogens with one attached hydrogen (secondary N) is 1. The molecule has 0 aromatic heterocycles. The number of amides is 1. The third kappa shape index (κ3) is 4.82. The molecular formula is C26H26ClN5O2. The summed E-state index contributed by atoms with van der Waals surface area (Å²) < 4.78 is 0. The molecule has 3 aliphatic rings. The second-order valence-corrected chi connectivity index (χ2v) is 9.11. The Bertz CT molecular complexity index is 1150. The Balaban J connectivity index is 1.41. The zero-order valence-electron chi connectivity index (χ0n) is 18.7. The molecule has 0 saturated carbocycles. The van der Waals surface area contributed by atoms with Gasteiger partial charge in [0.25, 0.3) is 5.91 Å². The van der Waals surface area contributed by atoms with E-state index < -0.39 is 5.91 Å². The highest BCUT2D eigenvalue weighted by Gasteiger charge is 2.33. The highest BCUT2D eigenvalue weighted by Crippen LogP contribution is 2.34. The smallest absolute Gasteiger partial charge is 0.300 e. The maximum absolute atomic E-state index is 11.4. The van der Waals surface area contributed by atoms with Crippen molar-refractivity contribution in [2.45, 2.75) is 6.17 Å². The molecule has 174 valence electrons. The van der Waals surface area contributed by atoms with Crippen LogP contribution in [0.1, 0.15) is 11.1 Å². The van der Waals surface area contributed by atoms with Crippen molar-refractivity contribution in [3.63, 3.8) is 0 Å². The SMILES string of the molecule is O=NC(=O)CN1CCN(CC2=C(c3ccc(Cl)cc3)NC3C=CC(c4ccccc4)=CN23)CC1. The molecule has 3 aliphatic heterocycles. The Morgan fingerprint density at radius 3 is 2.38 bits per heavy atom. The minimum atomic E-state index is -0.609. The first kappa shape index (κ1) is 22.5. The Morgan fingerprint density at radius 2 is 1.68 bits per heavy atom. The topological polar surface area (TPSA) is 68.2 Å². The van der Waals surface area contributed by atoms with Crippen LogP contribution in [0.2, 0.25) is 5.02 Å². The number of rotatable bonds is 6. The maximum atomic E-state index is 11.4. The van der Waals surface area contributed by atoms with Crippen LogP contribution < -0.4 is 5.32 Å².